The van der Waals surface area contributed by atoms with Crippen molar-refractivity contribution in [2.45, 2.75) is 26.2 Å². The Morgan fingerprint density at radius 2 is 2.00 bits per heavy atom. The molecular weight excluding hydrogens is 244 g/mol. The van der Waals surface area contributed by atoms with Gasteiger partial charge in [-0.15, -0.1) is 0 Å². The van der Waals surface area contributed by atoms with Gasteiger partial charge in [-0.05, 0) is 0 Å². The van der Waals surface area contributed by atoms with Gasteiger partial charge in [-0.2, -0.15) is 0 Å². The van der Waals surface area contributed by atoms with Crippen LogP contribution in [0.15, 0.2) is 12.4 Å². The highest BCUT2D eigenvalue weighted by Crippen LogP contribution is 2.20. The van der Waals surface area contributed by atoms with Gasteiger partial charge in [0.25, 0.3) is 0 Å². The Hall–Kier alpha value is -1.69. The fourth-order valence-corrected chi connectivity index (χ4v) is 1.74. The molecule has 104 valence electrons. The minimum Gasteiger partial charge on any atom is -0.378 e. The number of rotatable bonds is 1. The SMILES string of the molecule is CC(C)(C)c1cncc(NC(=O)N2CCOCC2)n1. The predicted molar refractivity (Wildman–Crippen MR) is 72.1 cm³/mol. The van der Waals surface area contributed by atoms with Crippen LogP contribution in [-0.2, 0) is 10.2 Å². The molecule has 1 saturated heterocycles. The predicted octanol–water partition coefficient (Wildman–Crippen LogP) is 1.64. The van der Waals surface area contributed by atoms with Crippen molar-refractivity contribution in [2.24, 2.45) is 0 Å². The summed E-state index contributed by atoms with van der Waals surface area (Å²) in [6.45, 7) is 8.57. The molecule has 0 unspecified atom stereocenters. The Labute approximate surface area is 113 Å². The minimum atomic E-state index is -0.149. The number of aromatic nitrogens is 2. The van der Waals surface area contributed by atoms with Crippen LogP contribution in [0.5, 0.6) is 0 Å². The van der Waals surface area contributed by atoms with Crippen molar-refractivity contribution in [3.05, 3.63) is 18.1 Å². The zero-order valence-electron chi connectivity index (χ0n) is 11.6. The maximum Gasteiger partial charge on any atom is 0.323 e. The molecular formula is C13H20N4O2. The largest absolute Gasteiger partial charge is 0.378 e. The van der Waals surface area contributed by atoms with Gasteiger partial charge in [0.1, 0.15) is 0 Å². The number of hydrogen-bond acceptors (Lipinski definition) is 4. The summed E-state index contributed by atoms with van der Waals surface area (Å²) >= 11 is 0. The van der Waals surface area contributed by atoms with Gasteiger partial charge in [-0.25, -0.2) is 9.78 Å². The van der Waals surface area contributed by atoms with Gasteiger partial charge in [0, 0.05) is 24.7 Å². The summed E-state index contributed by atoms with van der Waals surface area (Å²) in [6, 6.07) is -0.149. The first-order chi connectivity index (χ1) is 8.97. The van der Waals surface area contributed by atoms with Crippen LogP contribution < -0.4 is 5.32 Å². The van der Waals surface area contributed by atoms with Crippen molar-refractivity contribution in [3.8, 4) is 0 Å². The lowest BCUT2D eigenvalue weighted by atomic mass is 9.93. The Morgan fingerprint density at radius 3 is 2.63 bits per heavy atom. The quantitative estimate of drug-likeness (QED) is 0.837. The molecule has 2 amide bonds. The second-order valence-electron chi connectivity index (χ2n) is 5.57. The summed E-state index contributed by atoms with van der Waals surface area (Å²) in [6.07, 6.45) is 3.29. The van der Waals surface area contributed by atoms with Gasteiger partial charge < -0.3 is 9.64 Å². The number of hydrogen-bond donors (Lipinski definition) is 1. The van der Waals surface area contributed by atoms with E-state index < -0.39 is 0 Å². The first-order valence-electron chi connectivity index (χ1n) is 6.43. The zero-order chi connectivity index (χ0) is 13.9. The van der Waals surface area contributed by atoms with Crippen LogP contribution in [0.3, 0.4) is 0 Å². The molecule has 1 aromatic heterocycles. The Balaban J connectivity index is 2.04. The summed E-state index contributed by atoms with van der Waals surface area (Å²) in [5.41, 5.74) is 0.763. The second-order valence-corrected chi connectivity index (χ2v) is 5.57. The number of nitrogens with zero attached hydrogens (tertiary/aromatic N) is 3. The van der Waals surface area contributed by atoms with Crippen LogP contribution in [-0.4, -0.2) is 47.2 Å². The molecule has 1 N–H and O–H groups in total. The number of ether oxygens (including phenoxy) is 1. The summed E-state index contributed by atoms with van der Waals surface area (Å²) in [4.78, 5) is 22.3. The maximum atomic E-state index is 12.0. The Morgan fingerprint density at radius 1 is 1.32 bits per heavy atom. The zero-order valence-corrected chi connectivity index (χ0v) is 11.6. The van der Waals surface area contributed by atoms with Crippen LogP contribution in [0.1, 0.15) is 26.5 Å². The van der Waals surface area contributed by atoms with Gasteiger partial charge in [-0.3, -0.25) is 10.3 Å². The van der Waals surface area contributed by atoms with Gasteiger partial charge in [0.15, 0.2) is 5.82 Å². The topological polar surface area (TPSA) is 67.4 Å². The molecule has 6 nitrogen and oxygen atoms in total. The maximum absolute atomic E-state index is 12.0. The molecule has 19 heavy (non-hydrogen) atoms. The Bertz CT molecular complexity index is 450. The van der Waals surface area contributed by atoms with Gasteiger partial charge in [0.05, 0.1) is 25.1 Å². The lowest BCUT2D eigenvalue weighted by Gasteiger charge is -2.27. The molecule has 1 aromatic rings. The molecule has 0 spiro atoms. The molecule has 6 heteroatoms. The van der Waals surface area contributed by atoms with Crippen molar-refractivity contribution in [3.63, 3.8) is 0 Å². The summed E-state index contributed by atoms with van der Waals surface area (Å²) in [5.74, 6) is 0.490. The van der Waals surface area contributed by atoms with E-state index in [-0.39, 0.29) is 11.4 Å². The highest BCUT2D eigenvalue weighted by molar-refractivity contribution is 5.88. The fourth-order valence-electron chi connectivity index (χ4n) is 1.74. The van der Waals surface area contributed by atoms with Gasteiger partial charge >= 0.3 is 6.03 Å². The van der Waals surface area contributed by atoms with E-state index in [4.69, 9.17) is 4.74 Å². The van der Waals surface area contributed by atoms with E-state index in [9.17, 15) is 4.79 Å². The summed E-state index contributed by atoms with van der Waals surface area (Å²) < 4.78 is 5.21. The van der Waals surface area contributed by atoms with E-state index in [1.54, 1.807) is 17.3 Å². The first kappa shape index (κ1) is 13.7. The molecule has 2 rings (SSSR count). The molecule has 0 saturated carbocycles. The number of carbonyl (C=O) groups is 1. The van der Waals surface area contributed by atoms with Crippen molar-refractivity contribution in [1.29, 1.82) is 0 Å². The average Bonchev–Trinajstić information content (AvgIpc) is 2.39. The van der Waals surface area contributed by atoms with E-state index >= 15 is 0 Å². The average molecular weight is 264 g/mol. The summed E-state index contributed by atoms with van der Waals surface area (Å²) in [5, 5.41) is 2.78. The normalized spacial score (nSPS) is 16.3. The molecule has 0 atom stereocenters. The molecule has 0 bridgehead atoms. The molecule has 0 radical (unpaired) electrons. The minimum absolute atomic E-state index is 0.0906. The molecule has 0 aromatic carbocycles. The van der Waals surface area contributed by atoms with E-state index in [1.165, 1.54) is 0 Å². The monoisotopic (exact) mass is 264 g/mol. The fraction of sp³-hybridized carbons (Fsp3) is 0.615. The first-order valence-corrected chi connectivity index (χ1v) is 6.43. The molecule has 1 aliphatic heterocycles. The highest BCUT2D eigenvalue weighted by Gasteiger charge is 2.19. The van der Waals surface area contributed by atoms with Gasteiger partial charge in [-0.1, -0.05) is 20.8 Å². The lowest BCUT2D eigenvalue weighted by Crippen LogP contribution is -2.43. The number of urea groups is 1. The molecule has 0 aliphatic carbocycles. The smallest absolute Gasteiger partial charge is 0.323 e. The summed E-state index contributed by atoms with van der Waals surface area (Å²) in [7, 11) is 0. The molecule has 1 fully saturated rings. The van der Waals surface area contributed by atoms with Crippen molar-refractivity contribution in [1.82, 2.24) is 14.9 Å². The number of carbonyl (C=O) groups excluding carboxylic acids is 1. The van der Waals surface area contributed by atoms with Crippen LogP contribution in [0, 0.1) is 0 Å². The number of morpholine rings is 1. The van der Waals surface area contributed by atoms with Crippen LogP contribution >= 0.6 is 0 Å². The lowest BCUT2D eigenvalue weighted by molar-refractivity contribution is 0.0564. The third kappa shape index (κ3) is 3.64. The number of anilines is 1. The van der Waals surface area contributed by atoms with E-state index in [2.05, 4.69) is 36.1 Å². The van der Waals surface area contributed by atoms with Crippen LogP contribution in [0.2, 0.25) is 0 Å². The number of nitrogens with one attached hydrogen (secondary N) is 1. The number of amides is 2. The third-order valence-corrected chi connectivity index (χ3v) is 2.94. The Kier molecular flexibility index (Phi) is 3.99. The van der Waals surface area contributed by atoms with E-state index in [1.807, 2.05) is 0 Å². The van der Waals surface area contributed by atoms with Crippen molar-refractivity contribution >= 4 is 11.8 Å². The van der Waals surface area contributed by atoms with E-state index in [0.29, 0.717) is 32.1 Å². The van der Waals surface area contributed by atoms with Crippen LogP contribution in [0.4, 0.5) is 10.6 Å². The third-order valence-electron chi connectivity index (χ3n) is 2.94. The van der Waals surface area contributed by atoms with Crippen molar-refractivity contribution < 1.29 is 9.53 Å². The second kappa shape index (κ2) is 5.52. The van der Waals surface area contributed by atoms with E-state index in [0.717, 1.165) is 5.69 Å². The highest BCUT2D eigenvalue weighted by atomic mass is 16.5. The van der Waals surface area contributed by atoms with Crippen molar-refractivity contribution in [2.75, 3.05) is 31.6 Å². The molecule has 2 heterocycles. The standard InChI is InChI=1S/C13H20N4O2/c1-13(2,3)10-8-14-9-11(15-10)16-12(18)17-4-6-19-7-5-17/h8-9H,4-7H2,1-3H3,(H,15,16,18). The molecule has 1 aliphatic rings. The van der Waals surface area contributed by atoms with Gasteiger partial charge in [0.2, 0.25) is 0 Å². The van der Waals surface area contributed by atoms with Crippen LogP contribution in [0.25, 0.3) is 0 Å².